The molecule has 5 heteroatoms. The van der Waals surface area contributed by atoms with Crippen molar-refractivity contribution in [2.24, 2.45) is 0 Å². The number of phenolic OH excluding ortho intramolecular Hbond substituents is 2. The van der Waals surface area contributed by atoms with Gasteiger partial charge in [-0.05, 0) is 24.1 Å². The smallest absolute Gasteiger partial charge is 0.200 e. The predicted octanol–water partition coefficient (Wildman–Crippen LogP) is 4.30. The van der Waals surface area contributed by atoms with Crippen LogP contribution in [0.1, 0.15) is 36.5 Å². The minimum atomic E-state index is -0.274. The van der Waals surface area contributed by atoms with Gasteiger partial charge in [-0.2, -0.15) is 0 Å². The number of hydrogen-bond acceptors (Lipinski definition) is 5. The van der Waals surface area contributed by atoms with Crippen LogP contribution in [0, 0.1) is 0 Å². The van der Waals surface area contributed by atoms with Crippen molar-refractivity contribution in [1.29, 1.82) is 0 Å². The summed E-state index contributed by atoms with van der Waals surface area (Å²) in [4.78, 5) is 0. The highest BCUT2D eigenvalue weighted by Gasteiger charge is 2.30. The van der Waals surface area contributed by atoms with E-state index in [-0.39, 0.29) is 22.8 Å². The zero-order chi connectivity index (χ0) is 19.8. The molecule has 0 fully saturated rings. The summed E-state index contributed by atoms with van der Waals surface area (Å²) in [5.74, 6) is 1.49. The van der Waals surface area contributed by atoms with Gasteiger partial charge in [-0.25, -0.2) is 0 Å². The molecule has 0 spiro atoms. The second-order valence-corrected chi connectivity index (χ2v) is 7.35. The molecule has 3 rings (SSSR count). The Balaban J connectivity index is 2.07. The topological polar surface area (TPSA) is 68.2 Å². The van der Waals surface area contributed by atoms with Crippen molar-refractivity contribution in [3.8, 4) is 28.7 Å². The molecule has 0 saturated heterocycles. The fourth-order valence-electron chi connectivity index (χ4n) is 3.49. The Kier molecular flexibility index (Phi) is 4.96. The van der Waals surface area contributed by atoms with Gasteiger partial charge in [-0.15, -0.1) is 6.58 Å². The largest absolute Gasteiger partial charge is 0.504 e. The second-order valence-electron chi connectivity index (χ2n) is 7.35. The van der Waals surface area contributed by atoms with Crippen LogP contribution in [0.4, 0.5) is 0 Å². The van der Waals surface area contributed by atoms with E-state index in [2.05, 4.69) is 26.5 Å². The molecule has 0 aromatic heterocycles. The number of benzene rings is 2. The molecule has 0 saturated carbocycles. The molecule has 1 aliphatic rings. The van der Waals surface area contributed by atoms with Crippen LogP contribution in [0.25, 0.3) is 0 Å². The third-order valence-corrected chi connectivity index (χ3v) is 5.28. The molecule has 2 aromatic rings. The molecule has 144 valence electrons. The standard InChI is InChI=1S/C22H26O5/c1-6-22(2,3)16-10-15(18(25-4)11-19(16)26-5)14-9-13-7-8-17(23)20(24)21(13)27-12-14/h6-8,10-11,14,23-24H,1,9,12H2,2-5H3/t14-/m0/s1. The van der Waals surface area contributed by atoms with Gasteiger partial charge < -0.3 is 24.4 Å². The van der Waals surface area contributed by atoms with Crippen LogP contribution in [0.2, 0.25) is 0 Å². The summed E-state index contributed by atoms with van der Waals surface area (Å²) in [5.41, 5.74) is 2.62. The van der Waals surface area contributed by atoms with Crippen molar-refractivity contribution < 1.29 is 24.4 Å². The van der Waals surface area contributed by atoms with Crippen molar-refractivity contribution in [3.63, 3.8) is 0 Å². The first-order valence-corrected chi connectivity index (χ1v) is 8.89. The second kappa shape index (κ2) is 7.06. The molecule has 2 N–H and O–H groups in total. The highest BCUT2D eigenvalue weighted by Crippen LogP contribution is 2.46. The Morgan fingerprint density at radius 3 is 2.48 bits per heavy atom. The zero-order valence-electron chi connectivity index (χ0n) is 16.2. The van der Waals surface area contributed by atoms with Crippen LogP contribution >= 0.6 is 0 Å². The highest BCUT2D eigenvalue weighted by molar-refractivity contribution is 5.57. The van der Waals surface area contributed by atoms with Crippen LogP contribution in [-0.4, -0.2) is 31.0 Å². The quantitative estimate of drug-likeness (QED) is 0.607. The normalized spacial score (nSPS) is 16.2. The van der Waals surface area contributed by atoms with Gasteiger partial charge >= 0.3 is 0 Å². The van der Waals surface area contributed by atoms with E-state index in [0.717, 1.165) is 28.2 Å². The molecule has 1 aliphatic heterocycles. The lowest BCUT2D eigenvalue weighted by molar-refractivity contribution is 0.243. The van der Waals surface area contributed by atoms with Gasteiger partial charge in [0.1, 0.15) is 11.5 Å². The minimum absolute atomic E-state index is 0.0432. The molecule has 0 unspecified atom stereocenters. The van der Waals surface area contributed by atoms with Crippen molar-refractivity contribution in [2.45, 2.75) is 31.6 Å². The summed E-state index contributed by atoms with van der Waals surface area (Å²) in [6, 6.07) is 7.26. The number of aromatic hydroxyl groups is 2. The SMILES string of the molecule is C=CC(C)(C)c1cc([C@@H]2COc3c(ccc(O)c3O)C2)c(OC)cc1OC. The number of allylic oxidation sites excluding steroid dienone is 1. The third kappa shape index (κ3) is 3.29. The molecule has 5 nitrogen and oxygen atoms in total. The lowest BCUT2D eigenvalue weighted by atomic mass is 9.80. The van der Waals surface area contributed by atoms with E-state index in [1.54, 1.807) is 20.3 Å². The van der Waals surface area contributed by atoms with Gasteiger partial charge in [-0.1, -0.05) is 26.0 Å². The number of fused-ring (bicyclic) bond motifs is 1. The number of phenols is 2. The predicted molar refractivity (Wildman–Crippen MR) is 104 cm³/mol. The lowest BCUT2D eigenvalue weighted by Gasteiger charge is -2.30. The number of rotatable bonds is 5. The average molecular weight is 370 g/mol. The Hall–Kier alpha value is -2.82. The molecule has 0 aliphatic carbocycles. The Morgan fingerprint density at radius 1 is 1.15 bits per heavy atom. The Labute approximate surface area is 159 Å². The molecular formula is C22H26O5. The molecule has 27 heavy (non-hydrogen) atoms. The molecular weight excluding hydrogens is 344 g/mol. The first-order chi connectivity index (χ1) is 12.8. The van der Waals surface area contributed by atoms with Crippen LogP contribution in [0.5, 0.6) is 28.7 Å². The number of methoxy groups -OCH3 is 2. The maximum absolute atomic E-state index is 10.0. The van der Waals surface area contributed by atoms with Gasteiger partial charge in [0.25, 0.3) is 0 Å². The fourth-order valence-corrected chi connectivity index (χ4v) is 3.49. The van der Waals surface area contributed by atoms with Gasteiger partial charge in [0.2, 0.25) is 5.75 Å². The summed E-state index contributed by atoms with van der Waals surface area (Å²) < 4.78 is 17.0. The van der Waals surface area contributed by atoms with Crippen molar-refractivity contribution in [1.82, 2.24) is 0 Å². The summed E-state index contributed by atoms with van der Waals surface area (Å²) >= 11 is 0. The number of ether oxygens (including phenoxy) is 3. The summed E-state index contributed by atoms with van der Waals surface area (Å²) in [5, 5.41) is 19.7. The van der Waals surface area contributed by atoms with E-state index < -0.39 is 0 Å². The first kappa shape index (κ1) is 19.0. The van der Waals surface area contributed by atoms with Crippen LogP contribution in [0.3, 0.4) is 0 Å². The summed E-state index contributed by atoms with van der Waals surface area (Å²) in [6.45, 7) is 8.50. The van der Waals surface area contributed by atoms with E-state index in [9.17, 15) is 10.2 Å². The zero-order valence-corrected chi connectivity index (χ0v) is 16.2. The van der Waals surface area contributed by atoms with Crippen molar-refractivity contribution in [3.05, 3.63) is 53.6 Å². The molecule has 0 radical (unpaired) electrons. The van der Waals surface area contributed by atoms with E-state index >= 15 is 0 Å². The Bertz CT molecular complexity index is 869. The monoisotopic (exact) mass is 370 g/mol. The van der Waals surface area contributed by atoms with Crippen molar-refractivity contribution in [2.75, 3.05) is 20.8 Å². The fraction of sp³-hybridized carbons (Fsp3) is 0.364. The van der Waals surface area contributed by atoms with E-state index in [1.807, 2.05) is 12.1 Å². The average Bonchev–Trinajstić information content (AvgIpc) is 2.69. The van der Waals surface area contributed by atoms with E-state index in [0.29, 0.717) is 18.8 Å². The van der Waals surface area contributed by atoms with Gasteiger partial charge in [0.15, 0.2) is 11.5 Å². The maximum Gasteiger partial charge on any atom is 0.200 e. The maximum atomic E-state index is 10.0. The Morgan fingerprint density at radius 2 is 1.85 bits per heavy atom. The first-order valence-electron chi connectivity index (χ1n) is 8.89. The molecule has 1 heterocycles. The van der Waals surface area contributed by atoms with Gasteiger partial charge in [-0.3, -0.25) is 0 Å². The number of hydrogen-bond donors (Lipinski definition) is 2. The van der Waals surface area contributed by atoms with Gasteiger partial charge in [0.05, 0.1) is 20.8 Å². The summed E-state index contributed by atoms with van der Waals surface area (Å²) in [7, 11) is 3.28. The van der Waals surface area contributed by atoms with Gasteiger partial charge in [0, 0.05) is 28.5 Å². The molecule has 0 bridgehead atoms. The molecule has 2 aromatic carbocycles. The van der Waals surface area contributed by atoms with Crippen LogP contribution in [0.15, 0.2) is 36.9 Å². The summed E-state index contributed by atoms with van der Waals surface area (Å²) in [6.07, 6.45) is 2.56. The van der Waals surface area contributed by atoms with E-state index in [4.69, 9.17) is 14.2 Å². The minimum Gasteiger partial charge on any atom is -0.504 e. The van der Waals surface area contributed by atoms with Crippen LogP contribution in [-0.2, 0) is 11.8 Å². The highest BCUT2D eigenvalue weighted by atomic mass is 16.5. The molecule has 1 atom stereocenters. The lowest BCUT2D eigenvalue weighted by Crippen LogP contribution is -2.21. The van der Waals surface area contributed by atoms with E-state index in [1.165, 1.54) is 6.07 Å². The third-order valence-electron chi connectivity index (χ3n) is 5.28. The molecule has 0 amide bonds. The van der Waals surface area contributed by atoms with Crippen molar-refractivity contribution >= 4 is 0 Å². The van der Waals surface area contributed by atoms with Crippen LogP contribution < -0.4 is 14.2 Å².